The number of aromatic amines is 1. The second-order valence-electron chi connectivity index (χ2n) is 3.02. The summed E-state index contributed by atoms with van der Waals surface area (Å²) in [4.78, 5) is 15.5. The summed E-state index contributed by atoms with van der Waals surface area (Å²) < 4.78 is 0. The fourth-order valence-corrected chi connectivity index (χ4v) is 1.70. The van der Waals surface area contributed by atoms with Crippen molar-refractivity contribution < 1.29 is 0 Å². The molecule has 0 aliphatic carbocycles. The Morgan fingerprint density at radius 2 is 2.29 bits per heavy atom. The molecule has 1 unspecified atom stereocenters. The molecule has 0 bridgehead atoms. The molecule has 0 aromatic carbocycles. The number of aryl methyl sites for hydroxylation is 1. The molecule has 2 rings (SSSR count). The van der Waals surface area contributed by atoms with Crippen molar-refractivity contribution in [2.24, 2.45) is 0 Å². The molecule has 2 heterocycles. The van der Waals surface area contributed by atoms with Crippen molar-refractivity contribution in [3.05, 3.63) is 12.2 Å². The maximum absolute atomic E-state index is 5.75. The summed E-state index contributed by atoms with van der Waals surface area (Å²) >= 11 is 1.73. The number of hydrogen-bond acceptors (Lipinski definition) is 4. The third-order valence-corrected chi connectivity index (χ3v) is 2.82. The van der Waals surface area contributed by atoms with Gasteiger partial charge in [-0.1, -0.05) is 0 Å². The van der Waals surface area contributed by atoms with Gasteiger partial charge in [0.15, 0.2) is 0 Å². The van der Waals surface area contributed by atoms with Crippen LogP contribution in [0.5, 0.6) is 0 Å². The molecule has 0 saturated carbocycles. The van der Waals surface area contributed by atoms with Crippen molar-refractivity contribution in [2.45, 2.75) is 18.1 Å². The van der Waals surface area contributed by atoms with Gasteiger partial charge >= 0.3 is 89.7 Å². The quantitative estimate of drug-likeness (QED) is 0.750. The van der Waals surface area contributed by atoms with Crippen LogP contribution in [0.25, 0.3) is 11.2 Å². The van der Waals surface area contributed by atoms with Crippen LogP contribution in [0, 0.1) is 0 Å². The molecule has 5 nitrogen and oxygen atoms in total. The number of nitrogens with two attached hydrogens (primary N) is 1. The van der Waals surface area contributed by atoms with Crippen molar-refractivity contribution in [2.75, 3.05) is 5.73 Å². The Bertz CT molecular complexity index is 438. The summed E-state index contributed by atoms with van der Waals surface area (Å²) in [6, 6.07) is 0. The van der Waals surface area contributed by atoms with E-state index >= 15 is 0 Å². The molecule has 2 aromatic rings. The Kier molecular flexibility index (Phi) is 2.68. The Balaban J connectivity index is 2.38. The van der Waals surface area contributed by atoms with Crippen LogP contribution in [0.1, 0.15) is 12.2 Å². The SMILES string of the molecule is Nc1nc(CCC[AsH2])nc2nc[nH]c12. The standard InChI is InChI=1S/C8H12AsN5/c9-3-1-2-5-13-7(10)6-8(14-5)12-4-11-6/h4H,1-3,9H2,(H3,10,11,12,13,14). The minimum absolute atomic E-state index is 0.490. The Labute approximate surface area is 90.0 Å². The molecule has 0 aliphatic heterocycles. The molecule has 0 radical (unpaired) electrons. The number of anilines is 1. The van der Waals surface area contributed by atoms with Crippen molar-refractivity contribution in [3.8, 4) is 0 Å². The van der Waals surface area contributed by atoms with Gasteiger partial charge in [-0.2, -0.15) is 0 Å². The van der Waals surface area contributed by atoms with E-state index in [1.807, 2.05) is 0 Å². The van der Waals surface area contributed by atoms with Gasteiger partial charge < -0.3 is 0 Å². The molecule has 0 fully saturated rings. The molecule has 6 heteroatoms. The number of nitrogen functional groups attached to an aromatic ring is 1. The topological polar surface area (TPSA) is 80.5 Å². The first-order valence-corrected chi connectivity index (χ1v) is 6.18. The zero-order valence-electron chi connectivity index (χ0n) is 7.70. The fourth-order valence-electron chi connectivity index (χ4n) is 1.27. The van der Waals surface area contributed by atoms with Gasteiger partial charge in [-0.15, -0.1) is 0 Å². The van der Waals surface area contributed by atoms with Gasteiger partial charge in [-0.3, -0.25) is 0 Å². The number of fused-ring (bicyclic) bond motifs is 1. The number of nitrogens with one attached hydrogen (secondary N) is 1. The average molecular weight is 253 g/mol. The van der Waals surface area contributed by atoms with E-state index in [0.717, 1.165) is 24.2 Å². The normalized spacial score (nSPS) is 10.9. The van der Waals surface area contributed by atoms with Crippen molar-refractivity contribution in [3.63, 3.8) is 0 Å². The third kappa shape index (κ3) is 1.73. The van der Waals surface area contributed by atoms with Crippen LogP contribution in [0.4, 0.5) is 5.82 Å². The van der Waals surface area contributed by atoms with Crippen molar-refractivity contribution >= 4 is 33.8 Å². The second kappa shape index (κ2) is 3.96. The van der Waals surface area contributed by atoms with Gasteiger partial charge in [0.25, 0.3) is 0 Å². The molecule has 2 aromatic heterocycles. The van der Waals surface area contributed by atoms with E-state index in [4.69, 9.17) is 5.73 Å². The maximum atomic E-state index is 5.75. The summed E-state index contributed by atoms with van der Waals surface area (Å²) in [6.07, 6.45) is 3.57. The first-order valence-electron chi connectivity index (χ1n) is 4.47. The van der Waals surface area contributed by atoms with Crippen LogP contribution in [-0.4, -0.2) is 36.8 Å². The molecular weight excluding hydrogens is 241 g/mol. The number of H-pyrrole nitrogens is 1. The predicted octanol–water partition coefficient (Wildman–Crippen LogP) is -0.0809. The minimum atomic E-state index is 0.490. The van der Waals surface area contributed by atoms with Crippen LogP contribution in [0.15, 0.2) is 6.33 Å². The van der Waals surface area contributed by atoms with E-state index < -0.39 is 0 Å². The monoisotopic (exact) mass is 253 g/mol. The molecule has 0 saturated heterocycles. The van der Waals surface area contributed by atoms with E-state index in [2.05, 4.69) is 19.9 Å². The Morgan fingerprint density at radius 1 is 1.43 bits per heavy atom. The number of nitrogens with zero attached hydrogens (tertiary/aromatic N) is 3. The zero-order chi connectivity index (χ0) is 9.97. The third-order valence-electron chi connectivity index (χ3n) is 1.96. The number of imidazole rings is 1. The first-order chi connectivity index (χ1) is 6.81. The van der Waals surface area contributed by atoms with E-state index in [-0.39, 0.29) is 0 Å². The molecule has 14 heavy (non-hydrogen) atoms. The van der Waals surface area contributed by atoms with Gasteiger partial charge in [0, 0.05) is 0 Å². The molecule has 1 atom stereocenters. The van der Waals surface area contributed by atoms with Gasteiger partial charge in [0.1, 0.15) is 0 Å². The van der Waals surface area contributed by atoms with Crippen molar-refractivity contribution in [1.29, 1.82) is 0 Å². The van der Waals surface area contributed by atoms with Gasteiger partial charge in [-0.25, -0.2) is 0 Å². The predicted molar refractivity (Wildman–Crippen MR) is 57.8 cm³/mol. The Hall–Kier alpha value is -1.09. The summed E-state index contributed by atoms with van der Waals surface area (Å²) in [5, 5.41) is 1.19. The van der Waals surface area contributed by atoms with E-state index in [1.54, 1.807) is 23.2 Å². The van der Waals surface area contributed by atoms with E-state index in [9.17, 15) is 0 Å². The zero-order valence-corrected chi connectivity index (χ0v) is 10.1. The molecule has 0 aliphatic rings. The van der Waals surface area contributed by atoms with Crippen molar-refractivity contribution in [1.82, 2.24) is 19.9 Å². The van der Waals surface area contributed by atoms with Crippen LogP contribution in [-0.2, 0) is 6.42 Å². The van der Waals surface area contributed by atoms with E-state index in [1.165, 1.54) is 5.21 Å². The number of hydrogen-bond donors (Lipinski definition) is 2. The molecular formula is C8H12AsN5. The summed E-state index contributed by atoms with van der Waals surface area (Å²) in [5.41, 5.74) is 7.15. The summed E-state index contributed by atoms with van der Waals surface area (Å²) in [7, 11) is 0. The fraction of sp³-hybridized carbons (Fsp3) is 0.375. The van der Waals surface area contributed by atoms with Gasteiger partial charge in [-0.05, 0) is 0 Å². The number of rotatable bonds is 3. The van der Waals surface area contributed by atoms with E-state index in [0.29, 0.717) is 11.5 Å². The molecule has 0 amide bonds. The Morgan fingerprint density at radius 3 is 3.07 bits per heavy atom. The van der Waals surface area contributed by atoms with Crippen LogP contribution in [0.3, 0.4) is 0 Å². The summed E-state index contributed by atoms with van der Waals surface area (Å²) in [5.74, 6) is 1.28. The van der Waals surface area contributed by atoms with Gasteiger partial charge in [0.05, 0.1) is 0 Å². The van der Waals surface area contributed by atoms with Crippen LogP contribution in [0.2, 0.25) is 5.21 Å². The average Bonchev–Trinajstić information content (AvgIpc) is 2.63. The van der Waals surface area contributed by atoms with Crippen LogP contribution < -0.4 is 5.73 Å². The summed E-state index contributed by atoms with van der Waals surface area (Å²) in [6.45, 7) is 0. The molecule has 0 spiro atoms. The van der Waals surface area contributed by atoms with Crippen LogP contribution >= 0.6 is 0 Å². The molecule has 74 valence electrons. The number of aromatic nitrogens is 4. The van der Waals surface area contributed by atoms with Gasteiger partial charge in [0.2, 0.25) is 0 Å². The second-order valence-corrected chi connectivity index (χ2v) is 4.23. The molecule has 3 N–H and O–H groups in total. The first kappa shape index (κ1) is 9.46.